The quantitative estimate of drug-likeness (QED) is 0.496. The van der Waals surface area contributed by atoms with E-state index >= 15 is 0 Å². The zero-order valence-corrected chi connectivity index (χ0v) is 21.7. The van der Waals surface area contributed by atoms with Crippen LogP contribution in [0.3, 0.4) is 0 Å². The van der Waals surface area contributed by atoms with Crippen LogP contribution in [0.25, 0.3) is 0 Å². The highest BCUT2D eigenvalue weighted by Crippen LogP contribution is 2.39. The number of anilines is 2. The molecule has 0 radical (unpaired) electrons. The molecule has 2 aliphatic rings. The molecule has 9 heteroatoms. The lowest BCUT2D eigenvalue weighted by atomic mass is 9.85. The maximum atomic E-state index is 13.9. The normalized spacial score (nSPS) is 16.6. The first-order valence-electron chi connectivity index (χ1n) is 12.7. The van der Waals surface area contributed by atoms with Crippen LogP contribution in [0.15, 0.2) is 84.9 Å². The number of carbonyl (C=O) groups is 3. The van der Waals surface area contributed by atoms with Crippen LogP contribution in [0.5, 0.6) is 0 Å². The number of likely N-dealkylation sites (tertiary alicyclic amines) is 1. The van der Waals surface area contributed by atoms with Crippen molar-refractivity contribution in [2.45, 2.75) is 24.9 Å². The summed E-state index contributed by atoms with van der Waals surface area (Å²) in [5.41, 5.74) is 1.72. The van der Waals surface area contributed by atoms with Gasteiger partial charge in [0.2, 0.25) is 5.91 Å². The largest absolute Gasteiger partial charge is 0.339 e. The molecular formula is C29H30ClN5O3. The lowest BCUT2D eigenvalue weighted by Gasteiger charge is -2.43. The summed E-state index contributed by atoms with van der Waals surface area (Å²) in [6.45, 7) is 1.56. The van der Waals surface area contributed by atoms with Crippen LogP contribution in [0, 0.1) is 0 Å². The second-order valence-electron chi connectivity index (χ2n) is 9.63. The average Bonchev–Trinajstić information content (AvgIpc) is 3.19. The molecule has 2 N–H and O–H groups in total. The number of halogens is 1. The number of rotatable bonds is 6. The first-order chi connectivity index (χ1) is 18.4. The molecule has 2 aliphatic heterocycles. The molecule has 0 atom stereocenters. The number of para-hydroxylation sites is 1. The van der Waals surface area contributed by atoms with Gasteiger partial charge in [-0.1, -0.05) is 66.2 Å². The van der Waals surface area contributed by atoms with Crippen LogP contribution in [0.1, 0.15) is 18.4 Å². The van der Waals surface area contributed by atoms with Gasteiger partial charge in [-0.05, 0) is 48.7 Å². The summed E-state index contributed by atoms with van der Waals surface area (Å²) in [6, 6.07) is 26.3. The molecule has 38 heavy (non-hydrogen) atoms. The third kappa shape index (κ3) is 5.45. The third-order valence-electron chi connectivity index (χ3n) is 7.19. The number of hydrogen-bond donors (Lipinski definition) is 2. The minimum absolute atomic E-state index is 0.0717. The van der Waals surface area contributed by atoms with Gasteiger partial charge in [0.25, 0.3) is 5.91 Å². The Morgan fingerprint density at radius 3 is 2.26 bits per heavy atom. The van der Waals surface area contributed by atoms with Gasteiger partial charge in [0.15, 0.2) is 0 Å². The van der Waals surface area contributed by atoms with E-state index in [1.165, 1.54) is 0 Å². The second-order valence-corrected chi connectivity index (χ2v) is 10.1. The molecule has 8 nitrogen and oxygen atoms in total. The molecule has 2 saturated heterocycles. The molecule has 3 aromatic rings. The molecule has 0 saturated carbocycles. The molecule has 196 valence electrons. The van der Waals surface area contributed by atoms with Gasteiger partial charge >= 0.3 is 6.03 Å². The van der Waals surface area contributed by atoms with Crippen molar-refractivity contribution in [1.82, 2.24) is 15.1 Å². The zero-order valence-electron chi connectivity index (χ0n) is 21.0. The van der Waals surface area contributed by atoms with Crippen molar-refractivity contribution in [3.8, 4) is 0 Å². The average molecular weight is 532 g/mol. The molecular weight excluding hydrogens is 502 g/mol. The van der Waals surface area contributed by atoms with E-state index in [-0.39, 0.29) is 24.4 Å². The first kappa shape index (κ1) is 25.6. The maximum Gasteiger partial charge on any atom is 0.317 e. The number of urea groups is 1. The van der Waals surface area contributed by atoms with Crippen molar-refractivity contribution >= 4 is 40.8 Å². The van der Waals surface area contributed by atoms with E-state index in [0.717, 1.165) is 11.3 Å². The van der Waals surface area contributed by atoms with Gasteiger partial charge in [-0.25, -0.2) is 4.79 Å². The maximum absolute atomic E-state index is 13.9. The van der Waals surface area contributed by atoms with Crippen molar-refractivity contribution in [3.63, 3.8) is 0 Å². The summed E-state index contributed by atoms with van der Waals surface area (Å²) in [7, 11) is 0. The highest BCUT2D eigenvalue weighted by Gasteiger charge is 2.54. The predicted molar refractivity (Wildman–Crippen MR) is 148 cm³/mol. The van der Waals surface area contributed by atoms with Crippen LogP contribution in [-0.4, -0.2) is 59.5 Å². The Morgan fingerprint density at radius 1 is 0.895 bits per heavy atom. The minimum Gasteiger partial charge on any atom is -0.339 e. The summed E-state index contributed by atoms with van der Waals surface area (Å²) in [4.78, 5) is 45.0. The Hall–Kier alpha value is -4.04. The van der Waals surface area contributed by atoms with Crippen LogP contribution < -0.4 is 15.5 Å². The Morgan fingerprint density at radius 2 is 1.58 bits per heavy atom. The summed E-state index contributed by atoms with van der Waals surface area (Å²) in [5, 5.41) is 6.33. The van der Waals surface area contributed by atoms with Crippen LogP contribution in [0.4, 0.5) is 16.2 Å². The Labute approximate surface area is 227 Å². The highest BCUT2D eigenvalue weighted by atomic mass is 35.5. The number of benzene rings is 3. The van der Waals surface area contributed by atoms with E-state index in [1.54, 1.807) is 34.1 Å². The number of nitrogens with zero attached hydrogens (tertiary/aromatic N) is 3. The fourth-order valence-electron chi connectivity index (χ4n) is 5.23. The summed E-state index contributed by atoms with van der Waals surface area (Å²) < 4.78 is 0. The van der Waals surface area contributed by atoms with E-state index in [9.17, 15) is 14.4 Å². The lowest BCUT2D eigenvalue weighted by molar-refractivity contribution is -0.136. The minimum atomic E-state index is -0.812. The smallest absolute Gasteiger partial charge is 0.317 e. The summed E-state index contributed by atoms with van der Waals surface area (Å²) in [5.74, 6) is -0.379. The molecule has 5 rings (SSSR count). The van der Waals surface area contributed by atoms with E-state index in [0.29, 0.717) is 49.9 Å². The summed E-state index contributed by atoms with van der Waals surface area (Å²) >= 11 is 6.04. The van der Waals surface area contributed by atoms with Gasteiger partial charge in [-0.3, -0.25) is 9.59 Å². The van der Waals surface area contributed by atoms with Crippen molar-refractivity contribution in [2.24, 2.45) is 0 Å². The highest BCUT2D eigenvalue weighted by molar-refractivity contribution is 6.30. The van der Waals surface area contributed by atoms with E-state index in [1.807, 2.05) is 60.7 Å². The molecule has 3 aromatic carbocycles. The van der Waals surface area contributed by atoms with Crippen LogP contribution >= 0.6 is 11.6 Å². The van der Waals surface area contributed by atoms with Crippen molar-refractivity contribution in [1.29, 1.82) is 0 Å². The number of piperidine rings is 1. The lowest BCUT2D eigenvalue weighted by Crippen LogP contribution is -2.58. The Balaban J connectivity index is 1.27. The van der Waals surface area contributed by atoms with E-state index in [4.69, 9.17) is 11.6 Å². The van der Waals surface area contributed by atoms with Gasteiger partial charge < -0.3 is 25.3 Å². The monoisotopic (exact) mass is 531 g/mol. The van der Waals surface area contributed by atoms with Gasteiger partial charge in [0, 0.05) is 36.0 Å². The van der Waals surface area contributed by atoms with Crippen LogP contribution in [0.2, 0.25) is 5.02 Å². The molecule has 0 bridgehead atoms. The van der Waals surface area contributed by atoms with Crippen molar-refractivity contribution in [3.05, 3.63) is 95.5 Å². The molecule has 0 aliphatic carbocycles. The zero-order chi connectivity index (χ0) is 26.5. The molecule has 1 spiro atoms. The molecule has 2 heterocycles. The van der Waals surface area contributed by atoms with E-state index in [2.05, 4.69) is 15.5 Å². The number of amides is 4. The fraction of sp³-hybridized carbons (Fsp3) is 0.276. The van der Waals surface area contributed by atoms with E-state index < -0.39 is 5.54 Å². The Bertz CT molecular complexity index is 1300. The van der Waals surface area contributed by atoms with Gasteiger partial charge in [0.1, 0.15) is 12.1 Å². The first-order valence-corrected chi connectivity index (χ1v) is 13.1. The SMILES string of the molecule is O=C(CN1CN(c2ccccc2)C2(CCN(C(=O)NCc3ccccc3)CC2)C1=O)Nc1cccc(Cl)c1. The van der Waals surface area contributed by atoms with Crippen molar-refractivity contribution < 1.29 is 14.4 Å². The molecule has 4 amide bonds. The number of carbonyl (C=O) groups excluding carboxylic acids is 3. The number of nitrogens with one attached hydrogen (secondary N) is 2. The summed E-state index contributed by atoms with van der Waals surface area (Å²) in [6.07, 6.45) is 0.956. The Kier molecular flexibility index (Phi) is 7.51. The fourth-order valence-corrected chi connectivity index (χ4v) is 5.42. The molecule has 0 unspecified atom stereocenters. The third-order valence-corrected chi connectivity index (χ3v) is 7.42. The molecule has 0 aromatic heterocycles. The van der Waals surface area contributed by atoms with Crippen molar-refractivity contribution in [2.75, 3.05) is 36.5 Å². The standard InChI is InChI=1S/C29H30ClN5O3/c30-23-10-7-11-24(18-23)32-26(36)20-34-21-35(25-12-5-2-6-13-25)29(27(34)37)14-16-33(17-15-29)28(38)31-19-22-8-3-1-4-9-22/h1-13,18H,14-17,19-21H2,(H,31,38)(H,32,36). The van der Waals surface area contributed by atoms with Gasteiger partial charge in [0.05, 0.1) is 6.67 Å². The topological polar surface area (TPSA) is 85.0 Å². The second kappa shape index (κ2) is 11.1. The number of hydrogen-bond acceptors (Lipinski definition) is 4. The van der Waals surface area contributed by atoms with Gasteiger partial charge in [-0.2, -0.15) is 0 Å². The van der Waals surface area contributed by atoms with Crippen LogP contribution in [-0.2, 0) is 16.1 Å². The molecule has 2 fully saturated rings. The predicted octanol–water partition coefficient (Wildman–Crippen LogP) is 4.33. The van der Waals surface area contributed by atoms with Gasteiger partial charge in [-0.15, -0.1) is 0 Å².